The number of nitrogens with one attached hydrogen (secondary N) is 2. The van der Waals surface area contributed by atoms with Crippen LogP contribution in [0.15, 0.2) is 42.6 Å². The minimum absolute atomic E-state index is 0.0557. The zero-order chi connectivity index (χ0) is 17.4. The summed E-state index contributed by atoms with van der Waals surface area (Å²) in [5.74, 6) is 0.520. The highest BCUT2D eigenvalue weighted by Gasteiger charge is 2.05. The van der Waals surface area contributed by atoms with Crippen molar-refractivity contribution in [3.63, 3.8) is 0 Å². The SMILES string of the molecule is Cc1cccc(CC(=O)Nc2ccc(NCCCN(C)C)cn2)c1. The number of nitrogens with zero attached hydrogens (tertiary/aromatic N) is 2. The van der Waals surface area contributed by atoms with Crippen LogP contribution in [0.4, 0.5) is 11.5 Å². The topological polar surface area (TPSA) is 57.3 Å². The summed E-state index contributed by atoms with van der Waals surface area (Å²) in [6, 6.07) is 11.7. The molecule has 128 valence electrons. The first-order chi connectivity index (χ1) is 11.5. The number of carbonyl (C=O) groups is 1. The maximum absolute atomic E-state index is 12.1. The van der Waals surface area contributed by atoms with Crippen LogP contribution in [-0.2, 0) is 11.2 Å². The summed E-state index contributed by atoms with van der Waals surface area (Å²) >= 11 is 0. The molecule has 0 aliphatic heterocycles. The first-order valence-corrected chi connectivity index (χ1v) is 8.23. The van der Waals surface area contributed by atoms with E-state index in [9.17, 15) is 4.79 Å². The maximum Gasteiger partial charge on any atom is 0.229 e. The van der Waals surface area contributed by atoms with Crippen LogP contribution < -0.4 is 10.6 Å². The van der Waals surface area contributed by atoms with Crippen LogP contribution in [0.3, 0.4) is 0 Å². The molecule has 1 aromatic heterocycles. The van der Waals surface area contributed by atoms with E-state index in [1.807, 2.05) is 43.3 Å². The van der Waals surface area contributed by atoms with Gasteiger partial charge in [0.05, 0.1) is 18.3 Å². The summed E-state index contributed by atoms with van der Waals surface area (Å²) < 4.78 is 0. The standard InChI is InChI=1S/C19H26N4O/c1-15-6-4-7-16(12-15)13-19(24)22-18-9-8-17(14-21-18)20-10-5-11-23(2)3/h4,6-9,12,14,20H,5,10-11,13H2,1-3H3,(H,21,22,24). The molecule has 0 aliphatic rings. The van der Waals surface area contributed by atoms with Crippen molar-refractivity contribution in [3.8, 4) is 0 Å². The molecule has 0 saturated carbocycles. The van der Waals surface area contributed by atoms with E-state index in [1.54, 1.807) is 6.20 Å². The molecule has 0 aliphatic carbocycles. The van der Waals surface area contributed by atoms with Gasteiger partial charge in [-0.25, -0.2) is 4.98 Å². The minimum Gasteiger partial charge on any atom is -0.384 e. The third-order valence-corrected chi connectivity index (χ3v) is 3.59. The Morgan fingerprint density at radius 1 is 1.21 bits per heavy atom. The van der Waals surface area contributed by atoms with Crippen molar-refractivity contribution in [3.05, 3.63) is 53.7 Å². The predicted octanol–water partition coefficient (Wildman–Crippen LogP) is 2.93. The van der Waals surface area contributed by atoms with Gasteiger partial charge in [-0.2, -0.15) is 0 Å². The fraction of sp³-hybridized carbons (Fsp3) is 0.368. The van der Waals surface area contributed by atoms with Gasteiger partial charge in [0.15, 0.2) is 0 Å². The second-order valence-electron chi connectivity index (χ2n) is 6.23. The molecule has 24 heavy (non-hydrogen) atoms. The highest BCUT2D eigenvalue weighted by atomic mass is 16.1. The summed E-state index contributed by atoms with van der Waals surface area (Å²) in [6.07, 6.45) is 3.17. The van der Waals surface area contributed by atoms with Gasteiger partial charge in [-0.15, -0.1) is 0 Å². The number of aromatic nitrogens is 1. The zero-order valence-corrected chi connectivity index (χ0v) is 14.7. The van der Waals surface area contributed by atoms with Gasteiger partial charge in [0.25, 0.3) is 0 Å². The Hall–Kier alpha value is -2.40. The summed E-state index contributed by atoms with van der Waals surface area (Å²) in [5.41, 5.74) is 3.13. The van der Waals surface area contributed by atoms with E-state index in [-0.39, 0.29) is 5.91 Å². The Balaban J connectivity index is 1.79. The Morgan fingerprint density at radius 2 is 2.04 bits per heavy atom. The molecular weight excluding hydrogens is 300 g/mol. The quantitative estimate of drug-likeness (QED) is 0.732. The lowest BCUT2D eigenvalue weighted by molar-refractivity contribution is -0.115. The average molecular weight is 326 g/mol. The van der Waals surface area contributed by atoms with Gasteiger partial charge in [0, 0.05) is 6.54 Å². The van der Waals surface area contributed by atoms with Crippen molar-refractivity contribution < 1.29 is 4.79 Å². The Labute approximate surface area is 144 Å². The van der Waals surface area contributed by atoms with E-state index in [4.69, 9.17) is 0 Å². The van der Waals surface area contributed by atoms with Gasteiger partial charge < -0.3 is 15.5 Å². The molecule has 0 fully saturated rings. The van der Waals surface area contributed by atoms with Crippen molar-refractivity contribution in [2.45, 2.75) is 19.8 Å². The first-order valence-electron chi connectivity index (χ1n) is 8.23. The number of anilines is 2. The zero-order valence-electron chi connectivity index (χ0n) is 14.7. The van der Waals surface area contributed by atoms with E-state index in [2.05, 4.69) is 34.6 Å². The molecule has 0 spiro atoms. The number of amides is 1. The number of aryl methyl sites for hydroxylation is 1. The van der Waals surface area contributed by atoms with Gasteiger partial charge in [-0.3, -0.25) is 4.79 Å². The molecule has 0 bridgehead atoms. The van der Waals surface area contributed by atoms with E-state index >= 15 is 0 Å². The van der Waals surface area contributed by atoms with Crippen molar-refractivity contribution in [2.24, 2.45) is 0 Å². The molecule has 2 rings (SSSR count). The number of rotatable bonds is 8. The van der Waals surface area contributed by atoms with Crippen LogP contribution in [-0.4, -0.2) is 43.0 Å². The fourth-order valence-corrected chi connectivity index (χ4v) is 2.39. The highest BCUT2D eigenvalue weighted by molar-refractivity contribution is 5.91. The summed E-state index contributed by atoms with van der Waals surface area (Å²) in [6.45, 7) is 3.97. The molecular formula is C19H26N4O. The minimum atomic E-state index is -0.0557. The lowest BCUT2D eigenvalue weighted by Crippen LogP contribution is -2.17. The number of hydrogen-bond acceptors (Lipinski definition) is 4. The molecule has 0 atom stereocenters. The molecule has 2 N–H and O–H groups in total. The van der Waals surface area contributed by atoms with Crippen LogP contribution in [0.5, 0.6) is 0 Å². The summed E-state index contributed by atoms with van der Waals surface area (Å²) in [4.78, 5) is 18.5. The second kappa shape index (κ2) is 9.03. The van der Waals surface area contributed by atoms with Crippen molar-refractivity contribution >= 4 is 17.4 Å². The second-order valence-corrected chi connectivity index (χ2v) is 6.23. The summed E-state index contributed by atoms with van der Waals surface area (Å²) in [5, 5.41) is 6.16. The van der Waals surface area contributed by atoms with Crippen molar-refractivity contribution in [1.29, 1.82) is 0 Å². The van der Waals surface area contributed by atoms with E-state index in [1.165, 1.54) is 0 Å². The number of benzene rings is 1. The van der Waals surface area contributed by atoms with Crippen LogP contribution in [0.1, 0.15) is 17.5 Å². The Morgan fingerprint density at radius 3 is 2.71 bits per heavy atom. The van der Waals surface area contributed by atoms with Gasteiger partial charge in [0.1, 0.15) is 5.82 Å². The molecule has 1 amide bonds. The predicted molar refractivity (Wildman–Crippen MR) is 99.4 cm³/mol. The summed E-state index contributed by atoms with van der Waals surface area (Å²) in [7, 11) is 4.13. The van der Waals surface area contributed by atoms with Crippen LogP contribution >= 0.6 is 0 Å². The Kier molecular flexibility index (Phi) is 6.75. The van der Waals surface area contributed by atoms with Crippen LogP contribution in [0.2, 0.25) is 0 Å². The van der Waals surface area contributed by atoms with Gasteiger partial charge in [0.2, 0.25) is 5.91 Å². The first kappa shape index (κ1) is 17.9. The maximum atomic E-state index is 12.1. The largest absolute Gasteiger partial charge is 0.384 e. The molecule has 0 radical (unpaired) electrons. The third kappa shape index (κ3) is 6.38. The van der Waals surface area contributed by atoms with Gasteiger partial charge in [-0.05, 0) is 51.7 Å². The van der Waals surface area contributed by atoms with E-state index < -0.39 is 0 Å². The third-order valence-electron chi connectivity index (χ3n) is 3.59. The molecule has 5 nitrogen and oxygen atoms in total. The van der Waals surface area contributed by atoms with Gasteiger partial charge in [-0.1, -0.05) is 29.8 Å². The number of carbonyl (C=O) groups excluding carboxylic acids is 1. The molecule has 0 saturated heterocycles. The fourth-order valence-electron chi connectivity index (χ4n) is 2.39. The lowest BCUT2D eigenvalue weighted by Gasteiger charge is -2.11. The lowest BCUT2D eigenvalue weighted by atomic mass is 10.1. The van der Waals surface area contributed by atoms with Crippen molar-refractivity contribution in [2.75, 3.05) is 37.8 Å². The van der Waals surface area contributed by atoms with Crippen LogP contribution in [0.25, 0.3) is 0 Å². The molecule has 1 heterocycles. The van der Waals surface area contributed by atoms with Crippen molar-refractivity contribution in [1.82, 2.24) is 9.88 Å². The Bertz CT molecular complexity index is 653. The molecule has 5 heteroatoms. The monoisotopic (exact) mass is 326 g/mol. The number of hydrogen-bond donors (Lipinski definition) is 2. The normalized spacial score (nSPS) is 10.7. The number of pyridine rings is 1. The molecule has 1 aromatic carbocycles. The van der Waals surface area contributed by atoms with E-state index in [0.29, 0.717) is 12.2 Å². The highest BCUT2D eigenvalue weighted by Crippen LogP contribution is 2.11. The average Bonchev–Trinajstić information content (AvgIpc) is 2.53. The smallest absolute Gasteiger partial charge is 0.229 e. The van der Waals surface area contributed by atoms with Gasteiger partial charge >= 0.3 is 0 Å². The van der Waals surface area contributed by atoms with E-state index in [0.717, 1.165) is 36.3 Å². The molecule has 0 unspecified atom stereocenters. The molecule has 2 aromatic rings. The van der Waals surface area contributed by atoms with Crippen LogP contribution in [0, 0.1) is 6.92 Å².